The van der Waals surface area contributed by atoms with Crippen molar-refractivity contribution in [2.24, 2.45) is 5.41 Å². The summed E-state index contributed by atoms with van der Waals surface area (Å²) in [5, 5.41) is 1.99. The molecule has 5 heteroatoms. The average Bonchev–Trinajstić information content (AvgIpc) is 2.90. The molecule has 0 aliphatic carbocycles. The fraction of sp³-hybridized carbons (Fsp3) is 0.625. The van der Waals surface area contributed by atoms with E-state index in [1.54, 1.807) is 11.3 Å². The largest absolute Gasteiger partial charge is 0.339 e. The van der Waals surface area contributed by atoms with E-state index in [9.17, 15) is 9.59 Å². The lowest BCUT2D eigenvalue weighted by molar-refractivity contribution is -0.140. The van der Waals surface area contributed by atoms with E-state index in [-0.39, 0.29) is 17.2 Å². The molecule has 0 radical (unpaired) electrons. The average molecular weight is 308 g/mol. The van der Waals surface area contributed by atoms with E-state index >= 15 is 0 Å². The Balaban J connectivity index is 1.80. The van der Waals surface area contributed by atoms with Crippen LogP contribution in [0.2, 0.25) is 0 Å². The van der Waals surface area contributed by atoms with Gasteiger partial charge in [0.1, 0.15) is 0 Å². The van der Waals surface area contributed by atoms with Gasteiger partial charge in [-0.15, -0.1) is 11.3 Å². The zero-order valence-corrected chi connectivity index (χ0v) is 13.9. The minimum Gasteiger partial charge on any atom is -0.339 e. The summed E-state index contributed by atoms with van der Waals surface area (Å²) in [6.45, 7) is 8.85. The van der Waals surface area contributed by atoms with Gasteiger partial charge in [-0.2, -0.15) is 0 Å². The van der Waals surface area contributed by atoms with E-state index < -0.39 is 0 Å². The molecule has 0 bridgehead atoms. The summed E-state index contributed by atoms with van der Waals surface area (Å²) >= 11 is 1.62. The number of nitrogens with zero attached hydrogens (tertiary/aromatic N) is 2. The molecule has 1 aromatic rings. The molecule has 0 spiro atoms. The van der Waals surface area contributed by atoms with Crippen LogP contribution in [0.1, 0.15) is 32.1 Å². The van der Waals surface area contributed by atoms with Crippen molar-refractivity contribution in [2.75, 3.05) is 26.2 Å². The van der Waals surface area contributed by atoms with E-state index in [0.717, 1.165) is 4.88 Å². The number of hydrogen-bond acceptors (Lipinski definition) is 3. The number of carbonyl (C=O) groups excluding carboxylic acids is 2. The SMILES string of the molecule is CC(C)(C)CC(=O)N1CCN(C(=O)Cc2cccs2)CC1. The summed E-state index contributed by atoms with van der Waals surface area (Å²) in [5.41, 5.74) is 0.0171. The van der Waals surface area contributed by atoms with Crippen LogP contribution >= 0.6 is 11.3 Å². The number of amides is 2. The van der Waals surface area contributed by atoms with E-state index in [1.165, 1.54) is 0 Å². The first kappa shape index (κ1) is 16.0. The molecule has 1 fully saturated rings. The summed E-state index contributed by atoms with van der Waals surface area (Å²) in [6.07, 6.45) is 1.05. The molecule has 21 heavy (non-hydrogen) atoms. The van der Waals surface area contributed by atoms with Gasteiger partial charge in [0.25, 0.3) is 0 Å². The smallest absolute Gasteiger partial charge is 0.227 e. The second kappa shape index (κ2) is 6.60. The Morgan fingerprint density at radius 1 is 1.10 bits per heavy atom. The van der Waals surface area contributed by atoms with Crippen molar-refractivity contribution in [3.63, 3.8) is 0 Å². The lowest BCUT2D eigenvalue weighted by Crippen LogP contribution is -2.51. The normalized spacial score (nSPS) is 16.1. The highest BCUT2D eigenvalue weighted by molar-refractivity contribution is 7.10. The van der Waals surface area contributed by atoms with Gasteiger partial charge in [-0.3, -0.25) is 9.59 Å². The molecular weight excluding hydrogens is 284 g/mol. The number of carbonyl (C=O) groups is 2. The van der Waals surface area contributed by atoms with Crippen LogP contribution in [0.5, 0.6) is 0 Å². The number of hydrogen-bond donors (Lipinski definition) is 0. The second-order valence-corrected chi connectivity index (χ2v) is 7.79. The molecule has 0 aromatic carbocycles. The quantitative estimate of drug-likeness (QED) is 0.860. The first-order valence-corrected chi connectivity index (χ1v) is 8.31. The Bertz CT molecular complexity index is 483. The topological polar surface area (TPSA) is 40.6 Å². The third kappa shape index (κ3) is 4.84. The predicted octanol–water partition coefficient (Wildman–Crippen LogP) is 2.40. The van der Waals surface area contributed by atoms with Crippen LogP contribution in [0.4, 0.5) is 0 Å². The molecule has 116 valence electrons. The Labute approximate surface area is 130 Å². The molecule has 0 saturated carbocycles. The molecule has 0 unspecified atom stereocenters. The van der Waals surface area contributed by atoms with Gasteiger partial charge in [0.15, 0.2) is 0 Å². The van der Waals surface area contributed by atoms with Crippen LogP contribution in [-0.2, 0) is 16.0 Å². The summed E-state index contributed by atoms with van der Waals surface area (Å²) < 4.78 is 0. The van der Waals surface area contributed by atoms with E-state index in [1.807, 2.05) is 27.3 Å². The van der Waals surface area contributed by atoms with Gasteiger partial charge in [0, 0.05) is 37.5 Å². The minimum atomic E-state index is 0.0171. The Kier molecular flexibility index (Phi) is 5.04. The molecule has 2 rings (SSSR count). The van der Waals surface area contributed by atoms with Crippen molar-refractivity contribution in [2.45, 2.75) is 33.6 Å². The summed E-state index contributed by atoms with van der Waals surface area (Å²) in [7, 11) is 0. The van der Waals surface area contributed by atoms with E-state index in [2.05, 4.69) is 20.8 Å². The van der Waals surface area contributed by atoms with Crippen molar-refractivity contribution in [3.8, 4) is 0 Å². The van der Waals surface area contributed by atoms with Crippen molar-refractivity contribution in [3.05, 3.63) is 22.4 Å². The van der Waals surface area contributed by atoms with Crippen LogP contribution in [0.25, 0.3) is 0 Å². The van der Waals surface area contributed by atoms with Crippen LogP contribution in [0, 0.1) is 5.41 Å². The zero-order valence-electron chi connectivity index (χ0n) is 13.1. The van der Waals surface area contributed by atoms with Crippen LogP contribution in [0.15, 0.2) is 17.5 Å². The van der Waals surface area contributed by atoms with Crippen molar-refractivity contribution < 1.29 is 9.59 Å². The molecule has 1 aliphatic rings. The fourth-order valence-corrected chi connectivity index (χ4v) is 3.14. The molecule has 0 atom stereocenters. The summed E-state index contributed by atoms with van der Waals surface area (Å²) in [4.78, 5) is 29.2. The number of piperazine rings is 1. The summed E-state index contributed by atoms with van der Waals surface area (Å²) in [6, 6.07) is 3.96. The highest BCUT2D eigenvalue weighted by Gasteiger charge is 2.26. The highest BCUT2D eigenvalue weighted by Crippen LogP contribution is 2.20. The third-order valence-electron chi connectivity index (χ3n) is 3.57. The fourth-order valence-electron chi connectivity index (χ4n) is 2.44. The first-order chi connectivity index (χ1) is 9.85. The minimum absolute atomic E-state index is 0.0171. The number of rotatable bonds is 3. The van der Waals surface area contributed by atoms with Crippen LogP contribution < -0.4 is 0 Å². The summed E-state index contributed by atoms with van der Waals surface area (Å²) in [5.74, 6) is 0.369. The second-order valence-electron chi connectivity index (χ2n) is 6.76. The standard InChI is InChI=1S/C16H24N2O2S/c1-16(2,3)12-15(20)18-8-6-17(7-9-18)14(19)11-13-5-4-10-21-13/h4-5,10H,6-9,11-12H2,1-3H3. The van der Waals surface area contributed by atoms with Crippen molar-refractivity contribution >= 4 is 23.2 Å². The predicted molar refractivity (Wildman–Crippen MR) is 85.3 cm³/mol. The van der Waals surface area contributed by atoms with Gasteiger partial charge >= 0.3 is 0 Å². The van der Waals surface area contributed by atoms with Crippen LogP contribution in [-0.4, -0.2) is 47.8 Å². The molecule has 1 aliphatic heterocycles. The van der Waals surface area contributed by atoms with Crippen molar-refractivity contribution in [1.29, 1.82) is 0 Å². The van der Waals surface area contributed by atoms with E-state index in [0.29, 0.717) is 39.0 Å². The maximum Gasteiger partial charge on any atom is 0.227 e. The Morgan fingerprint density at radius 2 is 1.67 bits per heavy atom. The molecule has 0 N–H and O–H groups in total. The molecule has 1 saturated heterocycles. The maximum atomic E-state index is 12.2. The van der Waals surface area contributed by atoms with Gasteiger partial charge < -0.3 is 9.80 Å². The molecule has 1 aromatic heterocycles. The van der Waals surface area contributed by atoms with E-state index in [4.69, 9.17) is 0 Å². The zero-order chi connectivity index (χ0) is 15.5. The van der Waals surface area contributed by atoms with Gasteiger partial charge in [0.05, 0.1) is 6.42 Å². The van der Waals surface area contributed by atoms with Crippen molar-refractivity contribution in [1.82, 2.24) is 9.80 Å². The maximum absolute atomic E-state index is 12.2. The lowest BCUT2D eigenvalue weighted by atomic mass is 9.91. The monoisotopic (exact) mass is 308 g/mol. The molecular formula is C16H24N2O2S. The molecule has 2 amide bonds. The van der Waals surface area contributed by atoms with Gasteiger partial charge in [-0.05, 0) is 16.9 Å². The molecule has 2 heterocycles. The van der Waals surface area contributed by atoms with Gasteiger partial charge in [0.2, 0.25) is 11.8 Å². The Hall–Kier alpha value is -1.36. The third-order valence-corrected chi connectivity index (χ3v) is 4.45. The molecule has 4 nitrogen and oxygen atoms in total. The lowest BCUT2D eigenvalue weighted by Gasteiger charge is -2.36. The van der Waals surface area contributed by atoms with Gasteiger partial charge in [-0.25, -0.2) is 0 Å². The van der Waals surface area contributed by atoms with Crippen LogP contribution in [0.3, 0.4) is 0 Å². The highest BCUT2D eigenvalue weighted by atomic mass is 32.1. The first-order valence-electron chi connectivity index (χ1n) is 7.43. The Morgan fingerprint density at radius 3 is 2.14 bits per heavy atom. The number of thiophene rings is 1. The van der Waals surface area contributed by atoms with Gasteiger partial charge in [-0.1, -0.05) is 26.8 Å².